The number of esters is 1. The number of hydrogen-bond acceptors (Lipinski definition) is 4. The summed E-state index contributed by atoms with van der Waals surface area (Å²) in [5, 5.41) is 0. The van der Waals surface area contributed by atoms with Crippen LogP contribution in [0.2, 0.25) is 0 Å². The molecule has 0 bridgehead atoms. The number of carbonyl (C=O) groups is 1. The molecular weight excluding hydrogens is 387 g/mol. The van der Waals surface area contributed by atoms with Crippen molar-refractivity contribution in [1.82, 2.24) is 4.90 Å². The van der Waals surface area contributed by atoms with Gasteiger partial charge in [0, 0.05) is 31.9 Å². The minimum Gasteiger partial charge on any atom is -1.00 e. The number of methoxy groups -OCH3 is 1. The molecule has 3 rings (SSSR count). The number of ether oxygens (including phenoxy) is 1. The molecule has 0 saturated carbocycles. The lowest BCUT2D eigenvalue weighted by Crippen LogP contribution is -3.00. The molecule has 2 aromatic carbocycles. The fraction of sp³-hybridized carbons (Fsp3) is 0.316. The molecule has 0 spiro atoms. The number of nitrogens with zero attached hydrogens (tertiary/aromatic N) is 2. The van der Waals surface area contributed by atoms with E-state index in [2.05, 4.69) is 21.9 Å². The zero-order chi connectivity index (χ0) is 16.9. The molecule has 1 heterocycles. The molecule has 1 aliphatic rings. The second-order valence-corrected chi connectivity index (χ2v) is 5.84. The highest BCUT2D eigenvalue weighted by Crippen LogP contribution is 2.25. The maximum atomic E-state index is 13.2. The van der Waals surface area contributed by atoms with Gasteiger partial charge < -0.3 is 26.6 Å². The Bertz CT molecular complexity index is 674. The first kappa shape index (κ1) is 19.4. The number of rotatable bonds is 4. The largest absolute Gasteiger partial charge is 1.00 e. The molecule has 25 heavy (non-hydrogen) atoms. The molecule has 0 N–H and O–H groups in total. The van der Waals surface area contributed by atoms with Gasteiger partial charge >= 0.3 is 5.97 Å². The standard InChI is InChI=1S/C19H21FN2O2.BrH/c1-24-19(23)18(15-7-9-16(20)10-8-15)22-13-11-21(12-14-22)17-5-3-2-4-6-17;/h2-10,18H,11-14H2,1H3;1H/p-1. The first-order chi connectivity index (χ1) is 11.7. The fourth-order valence-electron chi connectivity index (χ4n) is 3.13. The van der Waals surface area contributed by atoms with Crippen LogP contribution in [0.15, 0.2) is 54.6 Å². The van der Waals surface area contributed by atoms with Crippen LogP contribution in [0, 0.1) is 5.82 Å². The van der Waals surface area contributed by atoms with Crippen LogP contribution in [0.5, 0.6) is 0 Å². The van der Waals surface area contributed by atoms with E-state index in [1.54, 1.807) is 12.1 Å². The van der Waals surface area contributed by atoms with Gasteiger partial charge in [-0.25, -0.2) is 9.18 Å². The summed E-state index contributed by atoms with van der Waals surface area (Å²) in [5.41, 5.74) is 1.95. The Morgan fingerprint density at radius 3 is 2.16 bits per heavy atom. The highest BCUT2D eigenvalue weighted by atomic mass is 79.9. The van der Waals surface area contributed by atoms with Gasteiger partial charge in [0.15, 0.2) is 0 Å². The molecule has 2 aromatic rings. The van der Waals surface area contributed by atoms with Crippen molar-refractivity contribution < 1.29 is 30.9 Å². The van der Waals surface area contributed by atoms with Crippen molar-refractivity contribution in [3.05, 3.63) is 66.0 Å². The van der Waals surface area contributed by atoms with Crippen LogP contribution in [-0.2, 0) is 9.53 Å². The molecule has 1 unspecified atom stereocenters. The van der Waals surface area contributed by atoms with Crippen molar-refractivity contribution in [2.45, 2.75) is 6.04 Å². The average molecular weight is 408 g/mol. The van der Waals surface area contributed by atoms with E-state index in [0.29, 0.717) is 0 Å². The van der Waals surface area contributed by atoms with E-state index in [1.165, 1.54) is 24.9 Å². The van der Waals surface area contributed by atoms with Crippen LogP contribution < -0.4 is 21.9 Å². The second kappa shape index (κ2) is 8.97. The Morgan fingerprint density at radius 1 is 1.00 bits per heavy atom. The van der Waals surface area contributed by atoms with Gasteiger partial charge in [0.1, 0.15) is 11.9 Å². The van der Waals surface area contributed by atoms with Gasteiger partial charge in [-0.05, 0) is 29.8 Å². The van der Waals surface area contributed by atoms with Gasteiger partial charge in [0.2, 0.25) is 0 Å². The Labute approximate surface area is 158 Å². The third-order valence-corrected chi connectivity index (χ3v) is 4.41. The third-order valence-electron chi connectivity index (χ3n) is 4.41. The van der Waals surface area contributed by atoms with E-state index in [4.69, 9.17) is 4.74 Å². The molecule has 0 aromatic heterocycles. The predicted octanol–water partition coefficient (Wildman–Crippen LogP) is -0.134. The Hall–Kier alpha value is -1.92. The molecule has 6 heteroatoms. The summed E-state index contributed by atoms with van der Waals surface area (Å²) in [6.07, 6.45) is 0. The Kier molecular flexibility index (Phi) is 6.96. The first-order valence-corrected chi connectivity index (χ1v) is 8.06. The van der Waals surface area contributed by atoms with Crippen LogP contribution in [0.4, 0.5) is 10.1 Å². The topological polar surface area (TPSA) is 32.8 Å². The van der Waals surface area contributed by atoms with E-state index >= 15 is 0 Å². The summed E-state index contributed by atoms with van der Waals surface area (Å²) in [7, 11) is 1.39. The molecule has 1 fully saturated rings. The monoisotopic (exact) mass is 407 g/mol. The number of hydrogen-bond donors (Lipinski definition) is 0. The molecule has 1 saturated heterocycles. The van der Waals surface area contributed by atoms with Crippen molar-refractivity contribution in [1.29, 1.82) is 0 Å². The van der Waals surface area contributed by atoms with E-state index in [0.717, 1.165) is 31.7 Å². The lowest BCUT2D eigenvalue weighted by atomic mass is 10.0. The minimum absolute atomic E-state index is 0. The second-order valence-electron chi connectivity index (χ2n) is 5.84. The maximum absolute atomic E-state index is 13.2. The van der Waals surface area contributed by atoms with Crippen LogP contribution in [0.25, 0.3) is 0 Å². The van der Waals surface area contributed by atoms with Gasteiger partial charge in [-0.2, -0.15) is 0 Å². The van der Waals surface area contributed by atoms with Crippen LogP contribution in [0.3, 0.4) is 0 Å². The molecule has 4 nitrogen and oxygen atoms in total. The number of halogens is 2. The number of carbonyl (C=O) groups excluding carboxylic acids is 1. The summed E-state index contributed by atoms with van der Waals surface area (Å²) < 4.78 is 18.2. The summed E-state index contributed by atoms with van der Waals surface area (Å²) >= 11 is 0. The third kappa shape index (κ3) is 4.58. The minimum atomic E-state index is -0.492. The van der Waals surface area contributed by atoms with Gasteiger partial charge in [0.05, 0.1) is 7.11 Å². The zero-order valence-corrected chi connectivity index (χ0v) is 15.7. The SMILES string of the molecule is COC(=O)C(c1ccc(F)cc1)N1CCN(c2ccccc2)CC1.[Br-]. The van der Waals surface area contributed by atoms with Gasteiger partial charge in [-0.3, -0.25) is 4.90 Å². The van der Waals surface area contributed by atoms with Crippen molar-refractivity contribution in [2.75, 3.05) is 38.2 Å². The molecule has 1 aliphatic heterocycles. The van der Waals surface area contributed by atoms with E-state index in [-0.39, 0.29) is 28.8 Å². The van der Waals surface area contributed by atoms with Crippen LogP contribution in [-0.4, -0.2) is 44.2 Å². The quantitative estimate of drug-likeness (QED) is 0.660. The summed E-state index contributed by atoms with van der Waals surface area (Å²) in [5.74, 6) is -0.619. The van der Waals surface area contributed by atoms with E-state index in [9.17, 15) is 9.18 Å². The van der Waals surface area contributed by atoms with Gasteiger partial charge in [0.25, 0.3) is 0 Å². The van der Waals surface area contributed by atoms with Crippen LogP contribution >= 0.6 is 0 Å². The average Bonchev–Trinajstić information content (AvgIpc) is 2.64. The van der Waals surface area contributed by atoms with Crippen LogP contribution in [0.1, 0.15) is 11.6 Å². The zero-order valence-electron chi connectivity index (χ0n) is 14.1. The first-order valence-electron chi connectivity index (χ1n) is 8.06. The fourth-order valence-corrected chi connectivity index (χ4v) is 3.13. The maximum Gasteiger partial charge on any atom is 0.327 e. The van der Waals surface area contributed by atoms with Crippen molar-refractivity contribution in [3.8, 4) is 0 Å². The lowest BCUT2D eigenvalue weighted by molar-refractivity contribution is -0.147. The summed E-state index contributed by atoms with van der Waals surface area (Å²) in [4.78, 5) is 16.7. The van der Waals surface area contributed by atoms with Gasteiger partial charge in [-0.1, -0.05) is 30.3 Å². The van der Waals surface area contributed by atoms with Crippen molar-refractivity contribution in [3.63, 3.8) is 0 Å². The summed E-state index contributed by atoms with van der Waals surface area (Å²) in [6.45, 7) is 3.15. The van der Waals surface area contributed by atoms with Crippen molar-refractivity contribution >= 4 is 11.7 Å². The number of anilines is 1. The highest BCUT2D eigenvalue weighted by Gasteiger charge is 2.31. The van der Waals surface area contributed by atoms with E-state index in [1.807, 2.05) is 18.2 Å². The van der Waals surface area contributed by atoms with Crippen molar-refractivity contribution in [2.24, 2.45) is 0 Å². The van der Waals surface area contributed by atoms with Gasteiger partial charge in [-0.15, -0.1) is 0 Å². The normalized spacial score (nSPS) is 16.0. The summed E-state index contributed by atoms with van der Waals surface area (Å²) in [6, 6.07) is 15.8. The predicted molar refractivity (Wildman–Crippen MR) is 91.4 cm³/mol. The Balaban J connectivity index is 0.00000225. The lowest BCUT2D eigenvalue weighted by Gasteiger charge is -2.39. The van der Waals surface area contributed by atoms with E-state index < -0.39 is 6.04 Å². The Morgan fingerprint density at radius 2 is 1.60 bits per heavy atom. The molecule has 0 amide bonds. The smallest absolute Gasteiger partial charge is 0.327 e. The molecular formula is C19H21BrFN2O2-. The molecule has 0 radical (unpaired) electrons. The highest BCUT2D eigenvalue weighted by molar-refractivity contribution is 5.77. The molecule has 0 aliphatic carbocycles. The molecule has 1 atom stereocenters. The number of benzene rings is 2. The molecule has 134 valence electrons. The number of para-hydroxylation sites is 1. The number of piperazine rings is 1.